The van der Waals surface area contributed by atoms with Crippen molar-refractivity contribution in [1.29, 1.82) is 0 Å². The Balaban J connectivity index is 1.81. The van der Waals surface area contributed by atoms with Gasteiger partial charge in [0.25, 0.3) is 0 Å². The zero-order valence-electron chi connectivity index (χ0n) is 12.6. The predicted molar refractivity (Wildman–Crippen MR) is 83.2 cm³/mol. The maximum Gasteiger partial charge on any atom is 0.108 e. The number of hydrogen-bond donors (Lipinski definition) is 1. The number of nitrogens with zero attached hydrogens (tertiary/aromatic N) is 2. The van der Waals surface area contributed by atoms with Gasteiger partial charge in [0, 0.05) is 36.3 Å². The molecule has 1 saturated heterocycles. The molecule has 1 aliphatic rings. The van der Waals surface area contributed by atoms with Gasteiger partial charge in [0.1, 0.15) is 12.2 Å². The van der Waals surface area contributed by atoms with E-state index in [2.05, 4.69) is 23.7 Å². The summed E-state index contributed by atoms with van der Waals surface area (Å²) in [6, 6.07) is 10.4. The number of hydrogen-bond acceptors (Lipinski definition) is 4. The van der Waals surface area contributed by atoms with Crippen LogP contribution in [0.5, 0.6) is 0 Å². The first-order valence-electron chi connectivity index (χ1n) is 7.53. The van der Waals surface area contributed by atoms with Gasteiger partial charge in [-0.1, -0.05) is 18.2 Å². The maximum atomic E-state index is 10.6. The number of para-hydroxylation sites is 1. The fourth-order valence-electron chi connectivity index (χ4n) is 2.82. The number of rotatable bonds is 3. The molecule has 1 aromatic carbocycles. The number of aromatic nitrogens is 1. The quantitative estimate of drug-likeness (QED) is 0.941. The highest BCUT2D eigenvalue weighted by atomic mass is 16.5. The van der Waals surface area contributed by atoms with Crippen LogP contribution in [0.2, 0.25) is 0 Å². The molecule has 2 heterocycles. The first-order valence-corrected chi connectivity index (χ1v) is 7.53. The normalized spacial score (nSPS) is 21.8. The minimum absolute atomic E-state index is 0.191. The summed E-state index contributed by atoms with van der Waals surface area (Å²) in [4.78, 5) is 6.76. The number of aliphatic hydroxyl groups is 1. The van der Waals surface area contributed by atoms with Crippen molar-refractivity contribution in [2.24, 2.45) is 0 Å². The molecule has 1 aromatic heterocycles. The maximum absolute atomic E-state index is 10.6. The molecule has 2 unspecified atom stereocenters. The van der Waals surface area contributed by atoms with Crippen molar-refractivity contribution in [3.8, 4) is 0 Å². The highest BCUT2D eigenvalue weighted by Gasteiger charge is 2.29. The van der Waals surface area contributed by atoms with Crippen LogP contribution in [0.25, 0.3) is 10.9 Å². The van der Waals surface area contributed by atoms with Gasteiger partial charge in [0.15, 0.2) is 0 Å². The lowest BCUT2D eigenvalue weighted by atomic mass is 10.0. The van der Waals surface area contributed by atoms with E-state index >= 15 is 0 Å². The van der Waals surface area contributed by atoms with Crippen molar-refractivity contribution < 1.29 is 9.84 Å². The third-order valence-corrected chi connectivity index (χ3v) is 4.16. The van der Waals surface area contributed by atoms with Crippen molar-refractivity contribution in [3.63, 3.8) is 0 Å². The molecule has 4 heteroatoms. The second-order valence-electron chi connectivity index (χ2n) is 5.90. The van der Waals surface area contributed by atoms with E-state index in [0.29, 0.717) is 12.6 Å². The van der Waals surface area contributed by atoms with E-state index in [1.807, 2.05) is 30.3 Å². The summed E-state index contributed by atoms with van der Waals surface area (Å²) in [7, 11) is 0. The van der Waals surface area contributed by atoms with Crippen molar-refractivity contribution in [1.82, 2.24) is 9.88 Å². The number of pyridine rings is 1. The van der Waals surface area contributed by atoms with Gasteiger partial charge in [-0.25, -0.2) is 0 Å². The Labute approximate surface area is 125 Å². The van der Waals surface area contributed by atoms with Crippen LogP contribution in [-0.2, 0) is 4.74 Å². The predicted octanol–water partition coefficient (Wildman–Crippen LogP) is 2.38. The van der Waals surface area contributed by atoms with Gasteiger partial charge < -0.3 is 9.84 Å². The molecule has 0 radical (unpaired) electrons. The van der Waals surface area contributed by atoms with Crippen molar-refractivity contribution in [2.45, 2.75) is 32.1 Å². The zero-order chi connectivity index (χ0) is 14.8. The van der Waals surface area contributed by atoms with Gasteiger partial charge >= 0.3 is 0 Å². The Morgan fingerprint density at radius 1 is 1.33 bits per heavy atom. The SMILES string of the molecule is CC(C)N1CCOC(C(O)c2cnc3ccccc3c2)C1. The molecule has 3 rings (SSSR count). The lowest BCUT2D eigenvalue weighted by molar-refractivity contribution is -0.0962. The fourth-order valence-corrected chi connectivity index (χ4v) is 2.82. The van der Waals surface area contributed by atoms with Gasteiger partial charge in [0.05, 0.1) is 12.1 Å². The molecular formula is C17H22N2O2. The van der Waals surface area contributed by atoms with Crippen LogP contribution in [0.1, 0.15) is 25.5 Å². The van der Waals surface area contributed by atoms with Crippen LogP contribution in [-0.4, -0.2) is 46.8 Å². The minimum atomic E-state index is -0.636. The second-order valence-corrected chi connectivity index (χ2v) is 5.90. The number of benzene rings is 1. The molecule has 1 fully saturated rings. The van der Waals surface area contributed by atoms with Gasteiger partial charge in [-0.05, 0) is 26.0 Å². The summed E-state index contributed by atoms with van der Waals surface area (Å²) in [5, 5.41) is 11.7. The molecule has 0 bridgehead atoms. The summed E-state index contributed by atoms with van der Waals surface area (Å²) in [6.07, 6.45) is 0.929. The molecular weight excluding hydrogens is 264 g/mol. The summed E-state index contributed by atoms with van der Waals surface area (Å²) in [5.74, 6) is 0. The monoisotopic (exact) mass is 286 g/mol. The summed E-state index contributed by atoms with van der Waals surface area (Å²) in [5.41, 5.74) is 1.77. The molecule has 1 aliphatic heterocycles. The minimum Gasteiger partial charge on any atom is -0.386 e. The summed E-state index contributed by atoms with van der Waals surface area (Å²) in [6.45, 7) is 6.70. The van der Waals surface area contributed by atoms with E-state index < -0.39 is 6.10 Å². The first kappa shape index (κ1) is 14.4. The molecule has 2 atom stereocenters. The van der Waals surface area contributed by atoms with Gasteiger partial charge in [-0.15, -0.1) is 0 Å². The Bertz CT molecular complexity index is 615. The molecule has 4 nitrogen and oxygen atoms in total. The topological polar surface area (TPSA) is 45.6 Å². The number of aliphatic hydroxyl groups excluding tert-OH is 1. The Morgan fingerprint density at radius 3 is 2.95 bits per heavy atom. The van der Waals surface area contributed by atoms with E-state index in [4.69, 9.17) is 4.74 Å². The van der Waals surface area contributed by atoms with E-state index in [9.17, 15) is 5.11 Å². The van der Waals surface area contributed by atoms with E-state index in [-0.39, 0.29) is 6.10 Å². The lowest BCUT2D eigenvalue weighted by Crippen LogP contribution is -2.47. The smallest absolute Gasteiger partial charge is 0.108 e. The summed E-state index contributed by atoms with van der Waals surface area (Å²) >= 11 is 0. The third-order valence-electron chi connectivity index (χ3n) is 4.16. The summed E-state index contributed by atoms with van der Waals surface area (Å²) < 4.78 is 5.77. The van der Waals surface area contributed by atoms with E-state index in [0.717, 1.165) is 29.6 Å². The van der Waals surface area contributed by atoms with Crippen LogP contribution in [0.3, 0.4) is 0 Å². The second kappa shape index (κ2) is 6.10. The van der Waals surface area contributed by atoms with Crippen LogP contribution in [0.4, 0.5) is 0 Å². The van der Waals surface area contributed by atoms with Crippen molar-refractivity contribution in [2.75, 3.05) is 19.7 Å². The average molecular weight is 286 g/mol. The largest absolute Gasteiger partial charge is 0.386 e. The molecule has 1 N–H and O–H groups in total. The third kappa shape index (κ3) is 3.07. The average Bonchev–Trinajstić information content (AvgIpc) is 2.53. The fraction of sp³-hybridized carbons (Fsp3) is 0.471. The molecule has 112 valence electrons. The van der Waals surface area contributed by atoms with Crippen molar-refractivity contribution >= 4 is 10.9 Å². The molecule has 0 amide bonds. The Morgan fingerprint density at radius 2 is 2.14 bits per heavy atom. The van der Waals surface area contributed by atoms with Gasteiger partial charge in [-0.2, -0.15) is 0 Å². The molecule has 0 saturated carbocycles. The van der Waals surface area contributed by atoms with Crippen LogP contribution >= 0.6 is 0 Å². The Hall–Kier alpha value is -1.49. The van der Waals surface area contributed by atoms with Crippen LogP contribution in [0, 0.1) is 0 Å². The van der Waals surface area contributed by atoms with E-state index in [1.165, 1.54) is 0 Å². The highest BCUT2D eigenvalue weighted by Crippen LogP contribution is 2.25. The number of fused-ring (bicyclic) bond motifs is 1. The molecule has 21 heavy (non-hydrogen) atoms. The molecule has 0 aliphatic carbocycles. The molecule has 2 aromatic rings. The number of ether oxygens (including phenoxy) is 1. The Kier molecular flexibility index (Phi) is 4.19. The molecule has 0 spiro atoms. The van der Waals surface area contributed by atoms with Gasteiger partial charge in [0.2, 0.25) is 0 Å². The number of morpholine rings is 1. The van der Waals surface area contributed by atoms with Crippen LogP contribution in [0.15, 0.2) is 36.5 Å². The first-order chi connectivity index (χ1) is 10.1. The van der Waals surface area contributed by atoms with E-state index in [1.54, 1.807) is 6.20 Å². The zero-order valence-corrected chi connectivity index (χ0v) is 12.6. The highest BCUT2D eigenvalue weighted by molar-refractivity contribution is 5.78. The van der Waals surface area contributed by atoms with Crippen LogP contribution < -0.4 is 0 Å². The standard InChI is InChI=1S/C17H22N2O2/c1-12(2)19-7-8-21-16(11-19)17(20)14-9-13-5-3-4-6-15(13)18-10-14/h3-6,9-10,12,16-17,20H,7-8,11H2,1-2H3. The van der Waals surface area contributed by atoms with Crippen molar-refractivity contribution in [3.05, 3.63) is 42.1 Å². The lowest BCUT2D eigenvalue weighted by Gasteiger charge is -2.37. The van der Waals surface area contributed by atoms with Gasteiger partial charge in [-0.3, -0.25) is 9.88 Å².